The summed E-state index contributed by atoms with van der Waals surface area (Å²) in [5.74, 6) is -0.544. The summed E-state index contributed by atoms with van der Waals surface area (Å²) in [4.78, 5) is 28.2. The summed E-state index contributed by atoms with van der Waals surface area (Å²) >= 11 is 5.97. The summed E-state index contributed by atoms with van der Waals surface area (Å²) in [6.07, 6.45) is 1.48. The lowest BCUT2D eigenvalue weighted by Gasteiger charge is -2.09. The summed E-state index contributed by atoms with van der Waals surface area (Å²) in [6.45, 7) is -0.278. The van der Waals surface area contributed by atoms with Gasteiger partial charge in [0.1, 0.15) is 6.61 Å². The van der Waals surface area contributed by atoms with Crippen LogP contribution in [0.4, 0.5) is 5.69 Å². The largest absolute Gasteiger partial charge is 0.387 e. The zero-order chi connectivity index (χ0) is 17.1. The van der Waals surface area contributed by atoms with Crippen LogP contribution in [0.3, 0.4) is 0 Å². The minimum Gasteiger partial charge on any atom is -0.387 e. The van der Waals surface area contributed by atoms with Crippen LogP contribution >= 0.6 is 11.6 Å². The number of carbonyl (C=O) groups is 1. The summed E-state index contributed by atoms with van der Waals surface area (Å²) in [6, 6.07) is 12.1. The molecule has 0 fully saturated rings. The van der Waals surface area contributed by atoms with Crippen LogP contribution in [0.5, 0.6) is 0 Å². The fourth-order valence-corrected chi connectivity index (χ4v) is 2.59. The predicted octanol–water partition coefficient (Wildman–Crippen LogP) is 2.03. The fourth-order valence-electron chi connectivity index (χ4n) is 2.38. The van der Waals surface area contributed by atoms with Gasteiger partial charge < -0.3 is 10.4 Å². The molecule has 0 aliphatic heterocycles. The molecule has 3 aromatic rings. The highest BCUT2D eigenvalue weighted by Crippen LogP contribution is 2.15. The highest BCUT2D eigenvalue weighted by atomic mass is 35.5. The van der Waals surface area contributed by atoms with E-state index in [0.29, 0.717) is 28.2 Å². The van der Waals surface area contributed by atoms with Crippen molar-refractivity contribution in [3.8, 4) is 0 Å². The summed E-state index contributed by atoms with van der Waals surface area (Å²) in [5.41, 5.74) is 1.63. The number of carbonyl (C=O) groups excluding carboxylic acids is 1. The van der Waals surface area contributed by atoms with Gasteiger partial charge in [-0.1, -0.05) is 23.7 Å². The molecule has 0 spiro atoms. The number of halogens is 1. The highest BCUT2D eigenvalue weighted by molar-refractivity contribution is 6.30. The number of aromatic nitrogens is 2. The third-order valence-corrected chi connectivity index (χ3v) is 3.73. The Balaban J connectivity index is 1.99. The number of amides is 1. The second-order valence-corrected chi connectivity index (χ2v) is 5.68. The Morgan fingerprint density at radius 3 is 2.83 bits per heavy atom. The summed E-state index contributed by atoms with van der Waals surface area (Å²) < 4.78 is 1.48. The maximum Gasteiger partial charge on any atom is 0.261 e. The van der Waals surface area contributed by atoms with Gasteiger partial charge in [-0.3, -0.25) is 14.2 Å². The van der Waals surface area contributed by atoms with Gasteiger partial charge in [0.15, 0.2) is 0 Å². The second-order valence-electron chi connectivity index (χ2n) is 5.25. The number of rotatable bonds is 4. The summed E-state index contributed by atoms with van der Waals surface area (Å²) in [7, 11) is 0. The lowest BCUT2D eigenvalue weighted by Crippen LogP contribution is -2.21. The maximum atomic E-state index is 12.7. The number of aliphatic hydroxyl groups is 1. The molecule has 1 amide bonds. The van der Waals surface area contributed by atoms with Gasteiger partial charge in [-0.25, -0.2) is 4.98 Å². The number of aliphatic hydroxyl groups excluding tert-OH is 1. The first-order chi connectivity index (χ1) is 11.6. The average Bonchev–Trinajstić information content (AvgIpc) is 2.58. The molecular weight excluding hydrogens is 330 g/mol. The number of anilines is 1. The van der Waals surface area contributed by atoms with Crippen LogP contribution in [0, 0.1) is 0 Å². The number of hydrogen-bond acceptors (Lipinski definition) is 4. The highest BCUT2D eigenvalue weighted by Gasteiger charge is 2.08. The third-order valence-electron chi connectivity index (χ3n) is 3.49. The Morgan fingerprint density at radius 2 is 2.08 bits per heavy atom. The van der Waals surface area contributed by atoms with Crippen molar-refractivity contribution in [2.24, 2.45) is 0 Å². The smallest absolute Gasteiger partial charge is 0.261 e. The number of fused-ring (bicyclic) bond motifs is 1. The Hall–Kier alpha value is -2.70. The van der Waals surface area contributed by atoms with Gasteiger partial charge in [-0.2, -0.15) is 0 Å². The SMILES string of the molecule is O=C(CO)Nc1ccc2ncn(Cc3cccc(Cl)c3)c(=O)c2c1. The molecule has 0 atom stereocenters. The van der Waals surface area contributed by atoms with Crippen LogP contribution in [0.25, 0.3) is 10.9 Å². The van der Waals surface area contributed by atoms with Gasteiger partial charge in [-0.05, 0) is 35.9 Å². The van der Waals surface area contributed by atoms with Crippen molar-refractivity contribution in [1.29, 1.82) is 0 Å². The van der Waals surface area contributed by atoms with E-state index in [0.717, 1.165) is 5.56 Å². The molecule has 7 heteroatoms. The molecular formula is C17H14ClN3O3. The van der Waals surface area contributed by atoms with E-state index < -0.39 is 12.5 Å². The number of hydrogen-bond donors (Lipinski definition) is 2. The monoisotopic (exact) mass is 343 g/mol. The predicted molar refractivity (Wildman–Crippen MR) is 92.3 cm³/mol. The van der Waals surface area contributed by atoms with Gasteiger partial charge >= 0.3 is 0 Å². The van der Waals surface area contributed by atoms with Crippen molar-refractivity contribution in [1.82, 2.24) is 9.55 Å². The van der Waals surface area contributed by atoms with Crippen molar-refractivity contribution < 1.29 is 9.90 Å². The van der Waals surface area contributed by atoms with E-state index in [1.807, 2.05) is 12.1 Å². The van der Waals surface area contributed by atoms with Gasteiger partial charge in [0.2, 0.25) is 5.91 Å². The molecule has 2 aromatic carbocycles. The quantitative estimate of drug-likeness (QED) is 0.759. The van der Waals surface area contributed by atoms with Crippen LogP contribution in [0.2, 0.25) is 5.02 Å². The topological polar surface area (TPSA) is 84.2 Å². The van der Waals surface area contributed by atoms with E-state index in [1.54, 1.807) is 30.3 Å². The third kappa shape index (κ3) is 3.45. The molecule has 0 aliphatic carbocycles. The lowest BCUT2D eigenvalue weighted by atomic mass is 10.2. The van der Waals surface area contributed by atoms with Crippen LogP contribution < -0.4 is 10.9 Å². The van der Waals surface area contributed by atoms with E-state index >= 15 is 0 Å². The Bertz CT molecular complexity index is 969. The standard InChI is InChI=1S/C17H14ClN3O3/c18-12-3-1-2-11(6-12)8-21-10-19-15-5-4-13(20-16(23)9-22)7-14(15)17(21)24/h1-7,10,22H,8-9H2,(H,20,23). The molecule has 122 valence electrons. The van der Waals surface area contributed by atoms with Crippen LogP contribution in [-0.2, 0) is 11.3 Å². The first-order valence-electron chi connectivity index (χ1n) is 7.21. The van der Waals surface area contributed by atoms with E-state index in [2.05, 4.69) is 10.3 Å². The molecule has 0 saturated carbocycles. The molecule has 0 unspecified atom stereocenters. The maximum absolute atomic E-state index is 12.7. The van der Waals surface area contributed by atoms with Gasteiger partial charge in [0.25, 0.3) is 5.56 Å². The van der Waals surface area contributed by atoms with Gasteiger partial charge in [-0.15, -0.1) is 0 Å². The fraction of sp³-hybridized carbons (Fsp3) is 0.118. The first-order valence-corrected chi connectivity index (χ1v) is 7.59. The normalized spacial score (nSPS) is 10.8. The number of benzene rings is 2. The molecule has 1 heterocycles. The number of nitrogens with one attached hydrogen (secondary N) is 1. The van der Waals surface area contributed by atoms with E-state index in [1.165, 1.54) is 10.9 Å². The van der Waals surface area contributed by atoms with Crippen molar-refractivity contribution in [2.75, 3.05) is 11.9 Å². The lowest BCUT2D eigenvalue weighted by molar-refractivity contribution is -0.118. The van der Waals surface area contributed by atoms with Gasteiger partial charge in [0.05, 0.1) is 23.8 Å². The van der Waals surface area contributed by atoms with Crippen molar-refractivity contribution >= 4 is 34.1 Å². The molecule has 0 aliphatic rings. The van der Waals surface area contributed by atoms with Crippen molar-refractivity contribution in [2.45, 2.75) is 6.54 Å². The first kappa shape index (κ1) is 16.2. The molecule has 0 radical (unpaired) electrons. The van der Waals surface area contributed by atoms with Crippen molar-refractivity contribution in [3.63, 3.8) is 0 Å². The Kier molecular flexibility index (Phi) is 4.59. The molecule has 2 N–H and O–H groups in total. The van der Waals surface area contributed by atoms with Crippen LogP contribution in [0.15, 0.2) is 53.6 Å². The Morgan fingerprint density at radius 1 is 1.25 bits per heavy atom. The number of nitrogens with zero attached hydrogens (tertiary/aromatic N) is 2. The molecule has 0 saturated heterocycles. The van der Waals surface area contributed by atoms with E-state index in [4.69, 9.17) is 16.7 Å². The zero-order valence-corrected chi connectivity index (χ0v) is 13.3. The Labute approximate surface area is 142 Å². The zero-order valence-electron chi connectivity index (χ0n) is 12.6. The van der Waals surface area contributed by atoms with Gasteiger partial charge in [0, 0.05) is 10.7 Å². The molecule has 6 nitrogen and oxygen atoms in total. The minimum absolute atomic E-state index is 0.222. The minimum atomic E-state index is -0.621. The summed E-state index contributed by atoms with van der Waals surface area (Å²) in [5, 5.41) is 12.3. The molecule has 1 aromatic heterocycles. The van der Waals surface area contributed by atoms with Crippen LogP contribution in [0.1, 0.15) is 5.56 Å². The van der Waals surface area contributed by atoms with E-state index in [9.17, 15) is 9.59 Å². The average molecular weight is 344 g/mol. The van der Waals surface area contributed by atoms with E-state index in [-0.39, 0.29) is 5.56 Å². The van der Waals surface area contributed by atoms with Crippen LogP contribution in [-0.4, -0.2) is 27.2 Å². The van der Waals surface area contributed by atoms with Crippen molar-refractivity contribution in [3.05, 3.63) is 69.7 Å². The second kappa shape index (κ2) is 6.82. The molecule has 24 heavy (non-hydrogen) atoms. The molecule has 3 rings (SSSR count). The molecule has 0 bridgehead atoms.